The summed E-state index contributed by atoms with van der Waals surface area (Å²) in [4.78, 5) is 25.0. The molecule has 0 unspecified atom stereocenters. The summed E-state index contributed by atoms with van der Waals surface area (Å²) >= 11 is 5.88. The van der Waals surface area contributed by atoms with Crippen molar-refractivity contribution in [2.45, 2.75) is 13.8 Å². The number of hydrogen-bond acceptors (Lipinski definition) is 3. The maximum atomic E-state index is 12.7. The van der Waals surface area contributed by atoms with Crippen LogP contribution in [0.15, 0.2) is 66.7 Å². The molecule has 0 saturated heterocycles. The molecular formula is C23H22ClN3O2. The highest BCUT2D eigenvalue weighted by Crippen LogP contribution is 2.19. The highest BCUT2D eigenvalue weighted by molar-refractivity contribution is 6.30. The summed E-state index contributed by atoms with van der Waals surface area (Å²) in [5.41, 5.74) is 4.51. The van der Waals surface area contributed by atoms with Gasteiger partial charge >= 0.3 is 0 Å². The molecule has 3 aromatic carbocycles. The van der Waals surface area contributed by atoms with Crippen LogP contribution in [-0.4, -0.2) is 18.4 Å². The van der Waals surface area contributed by atoms with Crippen molar-refractivity contribution >= 4 is 40.5 Å². The van der Waals surface area contributed by atoms with E-state index < -0.39 is 0 Å². The molecule has 29 heavy (non-hydrogen) atoms. The zero-order valence-corrected chi connectivity index (χ0v) is 17.0. The highest BCUT2D eigenvalue weighted by atomic mass is 35.5. The number of carbonyl (C=O) groups excluding carboxylic acids is 2. The van der Waals surface area contributed by atoms with Gasteiger partial charge in [-0.25, -0.2) is 0 Å². The van der Waals surface area contributed by atoms with Gasteiger partial charge in [0.2, 0.25) is 5.91 Å². The van der Waals surface area contributed by atoms with Gasteiger partial charge in [-0.1, -0.05) is 35.9 Å². The van der Waals surface area contributed by atoms with E-state index in [9.17, 15) is 9.59 Å². The van der Waals surface area contributed by atoms with Crippen molar-refractivity contribution in [2.24, 2.45) is 0 Å². The van der Waals surface area contributed by atoms with Crippen LogP contribution in [0.25, 0.3) is 0 Å². The van der Waals surface area contributed by atoms with Crippen LogP contribution in [0, 0.1) is 13.8 Å². The van der Waals surface area contributed by atoms with E-state index >= 15 is 0 Å². The van der Waals surface area contributed by atoms with Crippen molar-refractivity contribution in [1.82, 2.24) is 0 Å². The van der Waals surface area contributed by atoms with Gasteiger partial charge < -0.3 is 16.0 Å². The first kappa shape index (κ1) is 20.4. The Morgan fingerprint density at radius 3 is 2.34 bits per heavy atom. The molecule has 0 saturated carbocycles. The normalized spacial score (nSPS) is 10.3. The lowest BCUT2D eigenvalue weighted by atomic mass is 10.1. The summed E-state index contributed by atoms with van der Waals surface area (Å²) in [6.45, 7) is 3.96. The van der Waals surface area contributed by atoms with E-state index in [2.05, 4.69) is 16.0 Å². The number of benzene rings is 3. The Kier molecular flexibility index (Phi) is 6.52. The standard InChI is InChI=1S/C23H22ClN3O2/c1-15-7-8-16(2)21(13-15)27-22(28)14-25-20-6-4-3-5-19(20)23(29)26-18-11-9-17(24)10-12-18/h3-13,25H,14H2,1-2H3,(H,26,29)(H,27,28). The molecule has 0 heterocycles. The number of carbonyl (C=O) groups is 2. The number of anilines is 3. The fourth-order valence-electron chi connectivity index (χ4n) is 2.81. The van der Waals surface area contributed by atoms with Crippen LogP contribution in [0.1, 0.15) is 21.5 Å². The molecule has 3 aromatic rings. The van der Waals surface area contributed by atoms with Gasteiger partial charge in [-0.05, 0) is 67.4 Å². The molecule has 2 amide bonds. The van der Waals surface area contributed by atoms with Gasteiger partial charge in [0.05, 0.1) is 12.1 Å². The second-order valence-electron chi connectivity index (χ2n) is 6.73. The Balaban J connectivity index is 1.65. The monoisotopic (exact) mass is 407 g/mol. The molecule has 0 radical (unpaired) electrons. The second kappa shape index (κ2) is 9.26. The van der Waals surface area contributed by atoms with Crippen LogP contribution in [0.2, 0.25) is 5.02 Å². The van der Waals surface area contributed by atoms with Crippen molar-refractivity contribution in [3.05, 3.63) is 88.4 Å². The average Bonchev–Trinajstić information content (AvgIpc) is 2.71. The summed E-state index contributed by atoms with van der Waals surface area (Å²) in [5.74, 6) is -0.461. The number of nitrogens with one attached hydrogen (secondary N) is 3. The lowest BCUT2D eigenvalue weighted by Gasteiger charge is -2.13. The highest BCUT2D eigenvalue weighted by Gasteiger charge is 2.12. The lowest BCUT2D eigenvalue weighted by Crippen LogP contribution is -2.23. The van der Waals surface area contributed by atoms with Gasteiger partial charge in [0.1, 0.15) is 0 Å². The van der Waals surface area contributed by atoms with Gasteiger partial charge in [0.25, 0.3) is 5.91 Å². The lowest BCUT2D eigenvalue weighted by molar-refractivity contribution is -0.114. The van der Waals surface area contributed by atoms with E-state index in [-0.39, 0.29) is 18.4 Å². The fraction of sp³-hybridized carbons (Fsp3) is 0.130. The van der Waals surface area contributed by atoms with Crippen molar-refractivity contribution in [3.63, 3.8) is 0 Å². The first-order chi connectivity index (χ1) is 13.9. The Hall–Kier alpha value is -3.31. The maximum absolute atomic E-state index is 12.7. The van der Waals surface area contributed by atoms with Crippen LogP contribution in [0.4, 0.5) is 17.1 Å². The molecule has 0 aliphatic carbocycles. The van der Waals surface area contributed by atoms with Gasteiger partial charge in [0, 0.05) is 22.1 Å². The molecule has 5 nitrogen and oxygen atoms in total. The molecular weight excluding hydrogens is 386 g/mol. The Morgan fingerprint density at radius 1 is 0.862 bits per heavy atom. The summed E-state index contributed by atoms with van der Waals surface area (Å²) in [6.07, 6.45) is 0. The zero-order chi connectivity index (χ0) is 20.8. The molecule has 0 spiro atoms. The van der Waals surface area contributed by atoms with E-state index in [1.807, 2.05) is 38.1 Å². The van der Waals surface area contributed by atoms with Crippen LogP contribution in [0.5, 0.6) is 0 Å². The van der Waals surface area contributed by atoms with Gasteiger partial charge in [-0.2, -0.15) is 0 Å². The molecule has 6 heteroatoms. The summed E-state index contributed by atoms with van der Waals surface area (Å²) in [5, 5.41) is 9.38. The minimum absolute atomic E-state index is 0.0403. The van der Waals surface area contributed by atoms with Gasteiger partial charge in [0.15, 0.2) is 0 Å². The quantitative estimate of drug-likeness (QED) is 0.522. The molecule has 0 aliphatic rings. The van der Waals surface area contributed by atoms with Crippen molar-refractivity contribution < 1.29 is 9.59 Å². The number of amides is 2. The molecule has 0 atom stereocenters. The van der Waals surface area contributed by atoms with Gasteiger partial charge in [-0.3, -0.25) is 9.59 Å². The molecule has 148 valence electrons. The average molecular weight is 408 g/mol. The molecule has 0 fully saturated rings. The summed E-state index contributed by atoms with van der Waals surface area (Å²) in [6, 6.07) is 19.8. The minimum atomic E-state index is -0.273. The minimum Gasteiger partial charge on any atom is -0.376 e. The third kappa shape index (κ3) is 5.59. The second-order valence-corrected chi connectivity index (χ2v) is 7.16. The zero-order valence-electron chi connectivity index (χ0n) is 16.3. The predicted octanol–water partition coefficient (Wildman–Crippen LogP) is 5.26. The van der Waals surface area contributed by atoms with Crippen LogP contribution in [0.3, 0.4) is 0 Å². The number of para-hydroxylation sites is 1. The van der Waals surface area contributed by atoms with E-state index in [1.165, 1.54) is 0 Å². The smallest absolute Gasteiger partial charge is 0.257 e. The summed E-state index contributed by atoms with van der Waals surface area (Å²) in [7, 11) is 0. The molecule has 3 rings (SSSR count). The van der Waals surface area contributed by atoms with Crippen LogP contribution < -0.4 is 16.0 Å². The molecule has 0 bridgehead atoms. The van der Waals surface area contributed by atoms with E-state index in [0.717, 1.165) is 16.8 Å². The SMILES string of the molecule is Cc1ccc(C)c(NC(=O)CNc2ccccc2C(=O)Nc2ccc(Cl)cc2)c1. The number of aryl methyl sites for hydroxylation is 2. The van der Waals surface area contributed by atoms with Crippen LogP contribution >= 0.6 is 11.6 Å². The van der Waals surface area contributed by atoms with Gasteiger partial charge in [-0.15, -0.1) is 0 Å². The van der Waals surface area contributed by atoms with E-state index in [4.69, 9.17) is 11.6 Å². The Morgan fingerprint density at radius 2 is 1.59 bits per heavy atom. The summed E-state index contributed by atoms with van der Waals surface area (Å²) < 4.78 is 0. The largest absolute Gasteiger partial charge is 0.376 e. The van der Waals surface area contributed by atoms with Crippen LogP contribution in [-0.2, 0) is 4.79 Å². The molecule has 3 N–H and O–H groups in total. The number of hydrogen-bond donors (Lipinski definition) is 3. The molecule has 0 aromatic heterocycles. The first-order valence-electron chi connectivity index (χ1n) is 9.19. The third-order valence-electron chi connectivity index (χ3n) is 4.38. The Bertz CT molecular complexity index is 1030. The number of halogens is 1. The Labute approximate surface area is 175 Å². The van der Waals surface area contributed by atoms with Crippen molar-refractivity contribution in [3.8, 4) is 0 Å². The number of rotatable bonds is 6. The third-order valence-corrected chi connectivity index (χ3v) is 4.63. The maximum Gasteiger partial charge on any atom is 0.257 e. The molecule has 0 aliphatic heterocycles. The van der Waals surface area contributed by atoms with Crippen molar-refractivity contribution in [1.29, 1.82) is 0 Å². The van der Waals surface area contributed by atoms with E-state index in [1.54, 1.807) is 42.5 Å². The van der Waals surface area contributed by atoms with E-state index in [0.29, 0.717) is 22.0 Å². The predicted molar refractivity (Wildman–Crippen MR) is 119 cm³/mol. The first-order valence-corrected chi connectivity index (χ1v) is 9.57. The fourth-order valence-corrected chi connectivity index (χ4v) is 2.93. The topological polar surface area (TPSA) is 70.2 Å². The van der Waals surface area contributed by atoms with Crippen molar-refractivity contribution in [2.75, 3.05) is 22.5 Å².